The molecule has 1 aliphatic rings. The molecular weight excluding hydrogens is 222 g/mol. The van der Waals surface area contributed by atoms with E-state index in [2.05, 4.69) is 28.9 Å². The topological polar surface area (TPSA) is 42.2 Å². The lowest BCUT2D eigenvalue weighted by molar-refractivity contribution is 0.377. The van der Waals surface area contributed by atoms with Gasteiger partial charge in [-0.3, -0.25) is 0 Å². The van der Waals surface area contributed by atoms with E-state index in [4.69, 9.17) is 5.73 Å². The van der Waals surface area contributed by atoms with Gasteiger partial charge in [-0.25, -0.2) is 4.98 Å². The van der Waals surface area contributed by atoms with Crippen LogP contribution in [0.5, 0.6) is 0 Å². The van der Waals surface area contributed by atoms with Crippen molar-refractivity contribution in [3.8, 4) is 0 Å². The summed E-state index contributed by atoms with van der Waals surface area (Å²) in [6, 6.07) is 4.17. The maximum atomic E-state index is 5.82. The van der Waals surface area contributed by atoms with Crippen LogP contribution < -0.4 is 10.6 Å². The van der Waals surface area contributed by atoms with Crippen molar-refractivity contribution >= 4 is 5.82 Å². The molecule has 0 atom stereocenters. The molecule has 1 saturated heterocycles. The summed E-state index contributed by atoms with van der Waals surface area (Å²) in [7, 11) is 0. The van der Waals surface area contributed by atoms with Gasteiger partial charge in [0.25, 0.3) is 0 Å². The zero-order chi connectivity index (χ0) is 13.0. The molecule has 18 heavy (non-hydrogen) atoms. The van der Waals surface area contributed by atoms with Crippen LogP contribution in [0.15, 0.2) is 12.1 Å². The summed E-state index contributed by atoms with van der Waals surface area (Å²) in [6.07, 6.45) is 5.28. The molecule has 0 aliphatic carbocycles. The second kappa shape index (κ2) is 6.19. The van der Waals surface area contributed by atoms with E-state index in [1.807, 2.05) is 6.92 Å². The van der Waals surface area contributed by atoms with Crippen molar-refractivity contribution < 1.29 is 0 Å². The Morgan fingerprint density at radius 1 is 1.33 bits per heavy atom. The van der Waals surface area contributed by atoms with Crippen LogP contribution in [0.3, 0.4) is 0 Å². The molecule has 2 N–H and O–H groups in total. The Labute approximate surface area is 110 Å². The molecule has 1 aromatic rings. The second-order valence-electron chi connectivity index (χ2n) is 5.36. The number of rotatable bonds is 4. The normalized spacial score (nSPS) is 17.2. The lowest BCUT2D eigenvalue weighted by Gasteiger charge is -2.34. The van der Waals surface area contributed by atoms with E-state index in [0.717, 1.165) is 30.5 Å². The van der Waals surface area contributed by atoms with Crippen molar-refractivity contribution in [2.75, 3.05) is 18.0 Å². The van der Waals surface area contributed by atoms with Gasteiger partial charge in [-0.2, -0.15) is 0 Å². The maximum absolute atomic E-state index is 5.82. The van der Waals surface area contributed by atoms with Gasteiger partial charge in [0.05, 0.1) is 0 Å². The highest BCUT2D eigenvalue weighted by atomic mass is 15.2. The first-order valence-corrected chi connectivity index (χ1v) is 7.16. The third-order valence-corrected chi connectivity index (χ3v) is 3.93. The summed E-state index contributed by atoms with van der Waals surface area (Å²) in [4.78, 5) is 7.10. The molecule has 100 valence electrons. The van der Waals surface area contributed by atoms with Crippen molar-refractivity contribution in [3.05, 3.63) is 23.4 Å². The van der Waals surface area contributed by atoms with Crippen LogP contribution in [0.25, 0.3) is 0 Å². The molecule has 1 fully saturated rings. The molecule has 1 aromatic heterocycles. The number of nitrogens with two attached hydrogens (primary N) is 1. The lowest BCUT2D eigenvalue weighted by Crippen LogP contribution is -2.35. The van der Waals surface area contributed by atoms with Crippen LogP contribution in [0.4, 0.5) is 5.82 Å². The van der Waals surface area contributed by atoms with Gasteiger partial charge in [0.2, 0.25) is 0 Å². The molecule has 3 nitrogen and oxygen atoms in total. The molecule has 2 heterocycles. The first kappa shape index (κ1) is 13.3. The Kier molecular flexibility index (Phi) is 4.59. The van der Waals surface area contributed by atoms with Gasteiger partial charge in [-0.05, 0) is 31.7 Å². The van der Waals surface area contributed by atoms with Crippen LogP contribution in [0.2, 0.25) is 0 Å². The quantitative estimate of drug-likeness (QED) is 0.889. The van der Waals surface area contributed by atoms with Gasteiger partial charge in [0.1, 0.15) is 5.82 Å². The summed E-state index contributed by atoms with van der Waals surface area (Å²) >= 11 is 0. The highest BCUT2D eigenvalue weighted by molar-refractivity contribution is 5.48. The van der Waals surface area contributed by atoms with Crippen LogP contribution in [-0.2, 0) is 6.54 Å². The first-order chi connectivity index (χ1) is 8.74. The lowest BCUT2D eigenvalue weighted by atomic mass is 9.92. The molecule has 0 radical (unpaired) electrons. The fourth-order valence-corrected chi connectivity index (χ4v) is 2.85. The van der Waals surface area contributed by atoms with E-state index in [-0.39, 0.29) is 0 Å². The van der Waals surface area contributed by atoms with Crippen molar-refractivity contribution in [1.29, 1.82) is 0 Å². The summed E-state index contributed by atoms with van der Waals surface area (Å²) in [5, 5.41) is 0. The summed E-state index contributed by atoms with van der Waals surface area (Å²) < 4.78 is 0. The van der Waals surface area contributed by atoms with Crippen LogP contribution in [-0.4, -0.2) is 18.1 Å². The standard InChI is InChI=1S/C15H25N3/c1-3-4-13-7-9-18(10-8-13)15-14(11-16)6-5-12(2)17-15/h5-6,13H,3-4,7-11,16H2,1-2H3. The second-order valence-corrected chi connectivity index (χ2v) is 5.36. The Morgan fingerprint density at radius 3 is 2.67 bits per heavy atom. The Hall–Kier alpha value is -1.09. The number of piperidine rings is 1. The zero-order valence-corrected chi connectivity index (χ0v) is 11.7. The minimum absolute atomic E-state index is 0.581. The fourth-order valence-electron chi connectivity index (χ4n) is 2.85. The Morgan fingerprint density at radius 2 is 2.06 bits per heavy atom. The van der Waals surface area contributed by atoms with Gasteiger partial charge in [0.15, 0.2) is 0 Å². The fraction of sp³-hybridized carbons (Fsp3) is 0.667. The number of nitrogens with zero attached hydrogens (tertiary/aromatic N) is 2. The maximum Gasteiger partial charge on any atom is 0.133 e. The van der Waals surface area contributed by atoms with E-state index < -0.39 is 0 Å². The third-order valence-electron chi connectivity index (χ3n) is 3.93. The molecule has 3 heteroatoms. The summed E-state index contributed by atoms with van der Waals surface area (Å²) in [5.41, 5.74) is 8.07. The van der Waals surface area contributed by atoms with Crippen LogP contribution in [0.1, 0.15) is 43.9 Å². The predicted molar refractivity (Wildman–Crippen MR) is 76.7 cm³/mol. The number of hydrogen-bond donors (Lipinski definition) is 1. The molecule has 0 bridgehead atoms. The minimum atomic E-state index is 0.581. The Bertz CT molecular complexity index is 381. The Balaban J connectivity index is 2.06. The monoisotopic (exact) mass is 247 g/mol. The molecule has 0 saturated carbocycles. The molecule has 0 spiro atoms. The highest BCUT2D eigenvalue weighted by Gasteiger charge is 2.21. The molecule has 0 unspecified atom stereocenters. The average Bonchev–Trinajstić information content (AvgIpc) is 2.40. The minimum Gasteiger partial charge on any atom is -0.356 e. The van der Waals surface area contributed by atoms with E-state index in [0.29, 0.717) is 6.54 Å². The summed E-state index contributed by atoms with van der Waals surface area (Å²) in [6.45, 7) is 7.17. The number of aryl methyl sites for hydroxylation is 1. The van der Waals surface area contributed by atoms with E-state index in [9.17, 15) is 0 Å². The molecule has 0 aromatic carbocycles. The van der Waals surface area contributed by atoms with Gasteiger partial charge in [-0.15, -0.1) is 0 Å². The number of hydrogen-bond acceptors (Lipinski definition) is 3. The van der Waals surface area contributed by atoms with Crippen molar-refractivity contribution in [2.45, 2.75) is 46.1 Å². The highest BCUT2D eigenvalue weighted by Crippen LogP contribution is 2.27. The van der Waals surface area contributed by atoms with Gasteiger partial charge in [-0.1, -0.05) is 25.8 Å². The van der Waals surface area contributed by atoms with E-state index in [1.165, 1.54) is 31.2 Å². The van der Waals surface area contributed by atoms with Gasteiger partial charge >= 0.3 is 0 Å². The van der Waals surface area contributed by atoms with Gasteiger partial charge in [0, 0.05) is 30.9 Å². The number of aromatic nitrogens is 1. The SMILES string of the molecule is CCCC1CCN(c2nc(C)ccc2CN)CC1. The molecular formula is C15H25N3. The summed E-state index contributed by atoms with van der Waals surface area (Å²) in [5.74, 6) is 2.03. The third kappa shape index (κ3) is 3.02. The van der Waals surface area contributed by atoms with Crippen molar-refractivity contribution in [3.63, 3.8) is 0 Å². The molecule has 2 rings (SSSR count). The smallest absolute Gasteiger partial charge is 0.133 e. The molecule has 1 aliphatic heterocycles. The number of pyridine rings is 1. The van der Waals surface area contributed by atoms with Crippen molar-refractivity contribution in [1.82, 2.24) is 4.98 Å². The van der Waals surface area contributed by atoms with Crippen molar-refractivity contribution in [2.24, 2.45) is 11.7 Å². The predicted octanol–water partition coefficient (Wildman–Crippen LogP) is 2.87. The average molecular weight is 247 g/mol. The zero-order valence-electron chi connectivity index (χ0n) is 11.7. The van der Waals surface area contributed by atoms with E-state index in [1.54, 1.807) is 0 Å². The van der Waals surface area contributed by atoms with Crippen LogP contribution in [0, 0.1) is 12.8 Å². The number of anilines is 1. The molecule has 0 amide bonds. The van der Waals surface area contributed by atoms with E-state index >= 15 is 0 Å². The van der Waals surface area contributed by atoms with Gasteiger partial charge < -0.3 is 10.6 Å². The van der Waals surface area contributed by atoms with Crippen LogP contribution >= 0.6 is 0 Å². The first-order valence-electron chi connectivity index (χ1n) is 7.16. The largest absolute Gasteiger partial charge is 0.356 e.